The number of hydrogen-bond donors (Lipinski definition) is 3. The number of nitrogens with one attached hydrogen (secondary N) is 2. The number of carbonyl (C=O) groups is 2. The van der Waals surface area contributed by atoms with Crippen molar-refractivity contribution in [3.63, 3.8) is 0 Å². The quantitative estimate of drug-likeness (QED) is 0.322. The summed E-state index contributed by atoms with van der Waals surface area (Å²) in [5, 5.41) is 5.00. The van der Waals surface area contributed by atoms with E-state index in [1.54, 1.807) is 30.9 Å². The zero-order valence-corrected chi connectivity index (χ0v) is 17.4. The summed E-state index contributed by atoms with van der Waals surface area (Å²) in [6.07, 6.45) is 1.22. The maximum Gasteiger partial charge on any atom is 0.418 e. The van der Waals surface area contributed by atoms with Gasteiger partial charge < -0.3 is 14.4 Å². The molecule has 0 radical (unpaired) electrons. The van der Waals surface area contributed by atoms with E-state index in [2.05, 4.69) is 33.1 Å². The highest BCUT2D eigenvalue weighted by molar-refractivity contribution is 7.80. The van der Waals surface area contributed by atoms with Gasteiger partial charge in [0.05, 0.1) is 13.2 Å². The second-order valence-corrected chi connectivity index (χ2v) is 6.43. The van der Waals surface area contributed by atoms with E-state index in [4.69, 9.17) is 14.0 Å². The number of amides is 2. The van der Waals surface area contributed by atoms with Crippen molar-refractivity contribution in [2.45, 2.75) is 20.0 Å². The molecule has 0 aliphatic carbocycles. The van der Waals surface area contributed by atoms with Crippen LogP contribution in [0.5, 0.6) is 0 Å². The lowest BCUT2D eigenvalue weighted by molar-refractivity contribution is -0.0272. The van der Waals surface area contributed by atoms with Gasteiger partial charge in [0, 0.05) is 19.2 Å². The third-order valence-electron chi connectivity index (χ3n) is 3.22. The summed E-state index contributed by atoms with van der Waals surface area (Å²) in [5.74, 6) is -0.276. The first kappa shape index (κ1) is 24.9. The van der Waals surface area contributed by atoms with E-state index in [-0.39, 0.29) is 19.0 Å². The van der Waals surface area contributed by atoms with Gasteiger partial charge in [-0.15, -0.1) is 17.4 Å². The second-order valence-electron chi connectivity index (χ2n) is 5.43. The topological polar surface area (TPSA) is 159 Å². The third kappa shape index (κ3) is 8.10. The van der Waals surface area contributed by atoms with Crippen molar-refractivity contribution in [1.82, 2.24) is 20.6 Å². The molecular formula is C16H25N5O8S. The first-order valence-corrected chi connectivity index (χ1v) is 10.1. The van der Waals surface area contributed by atoms with Gasteiger partial charge in [-0.3, -0.25) is 15.2 Å². The number of ether oxygens (including phenoxy) is 2. The van der Waals surface area contributed by atoms with Crippen molar-refractivity contribution in [1.29, 1.82) is 0 Å². The van der Waals surface area contributed by atoms with E-state index in [9.17, 15) is 18.0 Å². The number of carbonyl (C=O) groups excluding carboxylic acids is 2. The second kappa shape index (κ2) is 11.8. The summed E-state index contributed by atoms with van der Waals surface area (Å²) in [4.78, 5) is 29.6. The summed E-state index contributed by atoms with van der Waals surface area (Å²) in [7, 11) is -5.06. The summed E-state index contributed by atoms with van der Waals surface area (Å²) in [6, 6.07) is 0. The van der Waals surface area contributed by atoms with E-state index < -0.39 is 34.7 Å². The molecule has 13 nitrogen and oxygen atoms in total. The van der Waals surface area contributed by atoms with Crippen LogP contribution in [0.15, 0.2) is 42.2 Å². The van der Waals surface area contributed by atoms with Crippen molar-refractivity contribution < 1.29 is 36.3 Å². The van der Waals surface area contributed by atoms with Gasteiger partial charge in [0.2, 0.25) is 5.96 Å². The minimum absolute atomic E-state index is 0.0184. The van der Waals surface area contributed by atoms with Crippen LogP contribution in [-0.2, 0) is 24.2 Å². The van der Waals surface area contributed by atoms with E-state index in [0.717, 1.165) is 0 Å². The summed E-state index contributed by atoms with van der Waals surface area (Å²) in [6.45, 7) is 11.1. The van der Waals surface area contributed by atoms with Crippen molar-refractivity contribution >= 4 is 28.5 Å². The number of aliphatic imine (C=N–C) groups is 1. The fourth-order valence-electron chi connectivity index (χ4n) is 2.20. The van der Waals surface area contributed by atoms with E-state index in [1.807, 2.05) is 0 Å². The van der Waals surface area contributed by atoms with Crippen LogP contribution in [0, 0.1) is 0 Å². The average Bonchev–Trinajstić information content (AvgIpc) is 2.63. The molecule has 1 heterocycles. The molecule has 30 heavy (non-hydrogen) atoms. The molecule has 1 rings (SSSR count). The van der Waals surface area contributed by atoms with Crippen LogP contribution in [0.1, 0.15) is 13.8 Å². The fraction of sp³-hybridized carbons (Fsp3) is 0.438. The number of nitrogens with zero attached hydrogens (tertiary/aromatic N) is 3. The molecule has 0 saturated carbocycles. The Balaban J connectivity index is 3.42. The molecule has 1 aliphatic heterocycles. The Morgan fingerprint density at radius 3 is 2.30 bits per heavy atom. The summed E-state index contributed by atoms with van der Waals surface area (Å²) in [5.41, 5.74) is 0. The lowest BCUT2D eigenvalue weighted by atomic mass is 10.3. The van der Waals surface area contributed by atoms with Gasteiger partial charge in [0.25, 0.3) is 0 Å². The van der Waals surface area contributed by atoms with Gasteiger partial charge in [0.15, 0.2) is 6.17 Å². The Kier molecular flexibility index (Phi) is 9.80. The lowest BCUT2D eigenvalue weighted by Crippen LogP contribution is -2.57. The van der Waals surface area contributed by atoms with Crippen molar-refractivity contribution in [2.24, 2.45) is 4.99 Å². The molecule has 14 heteroatoms. The van der Waals surface area contributed by atoms with E-state index in [1.165, 1.54) is 6.08 Å². The van der Waals surface area contributed by atoms with Crippen molar-refractivity contribution in [3.05, 3.63) is 37.2 Å². The Hall–Kier alpha value is -3.10. The van der Waals surface area contributed by atoms with Crippen LogP contribution in [0.4, 0.5) is 9.59 Å². The summed E-state index contributed by atoms with van der Waals surface area (Å²) < 4.78 is 45.8. The van der Waals surface area contributed by atoms with Crippen LogP contribution >= 0.6 is 0 Å². The van der Waals surface area contributed by atoms with Crippen LogP contribution < -0.4 is 10.6 Å². The Morgan fingerprint density at radius 2 is 1.80 bits per heavy atom. The van der Waals surface area contributed by atoms with Crippen LogP contribution in [0.3, 0.4) is 0 Å². The number of hydroxylamine groups is 2. The van der Waals surface area contributed by atoms with Crippen LogP contribution in [-0.4, -0.2) is 73.5 Å². The molecule has 1 aliphatic rings. The van der Waals surface area contributed by atoms with E-state index in [0.29, 0.717) is 18.2 Å². The molecule has 2 amide bonds. The molecule has 1 atom stereocenters. The van der Waals surface area contributed by atoms with Crippen LogP contribution in [0.25, 0.3) is 0 Å². The predicted octanol–water partition coefficient (Wildman–Crippen LogP) is 0.726. The SMILES string of the molecule is C=CCN(CC=C)C1=CC(NC(=O)OCC)N(OS(=O)(=O)O)C(NC(=O)OCC)=N1. The first-order chi connectivity index (χ1) is 14.1. The molecule has 0 saturated heterocycles. The number of rotatable bonds is 10. The maximum absolute atomic E-state index is 11.9. The van der Waals surface area contributed by atoms with Gasteiger partial charge in [-0.25, -0.2) is 9.59 Å². The molecule has 3 N–H and O–H groups in total. The number of alkyl carbamates (subject to hydrolysis) is 2. The average molecular weight is 447 g/mol. The van der Waals surface area contributed by atoms with Gasteiger partial charge in [-0.1, -0.05) is 12.2 Å². The van der Waals surface area contributed by atoms with Gasteiger partial charge in [0.1, 0.15) is 5.82 Å². The third-order valence-corrected chi connectivity index (χ3v) is 3.57. The molecule has 168 valence electrons. The van der Waals surface area contributed by atoms with Crippen molar-refractivity contribution in [3.8, 4) is 0 Å². The Labute approximate surface area is 174 Å². The molecular weight excluding hydrogens is 422 g/mol. The zero-order chi connectivity index (χ0) is 22.7. The lowest BCUT2D eigenvalue weighted by Gasteiger charge is -2.34. The minimum atomic E-state index is -5.06. The van der Waals surface area contributed by atoms with E-state index >= 15 is 0 Å². The monoisotopic (exact) mass is 447 g/mol. The van der Waals surface area contributed by atoms with Crippen LogP contribution in [0.2, 0.25) is 0 Å². The fourth-order valence-corrected chi connectivity index (χ4v) is 2.57. The normalized spacial score (nSPS) is 16.0. The Morgan fingerprint density at radius 1 is 1.23 bits per heavy atom. The molecule has 0 fully saturated rings. The number of hydrogen-bond acceptors (Lipinski definition) is 10. The standard InChI is InChI=1S/C16H25N5O8S/c1-5-9-20(10-6-2)12-11-13(18-15(22)27-7-3)21(29-30(24,25)26)14(17-12)19-16(23)28-8-4/h5-6,11,13H,1-2,7-10H2,3-4H3,(H,18,22)(H,17,19,23)(H,24,25,26). The van der Waals surface area contributed by atoms with Gasteiger partial charge in [-0.2, -0.15) is 18.5 Å². The summed E-state index contributed by atoms with van der Waals surface area (Å²) >= 11 is 0. The highest BCUT2D eigenvalue weighted by atomic mass is 32.3. The molecule has 0 aromatic rings. The first-order valence-electron chi connectivity index (χ1n) is 8.75. The minimum Gasteiger partial charge on any atom is -0.450 e. The Bertz CT molecular complexity index is 800. The highest BCUT2D eigenvalue weighted by Crippen LogP contribution is 2.18. The van der Waals surface area contributed by atoms with Crippen molar-refractivity contribution in [2.75, 3.05) is 26.3 Å². The molecule has 0 spiro atoms. The molecule has 0 bridgehead atoms. The predicted molar refractivity (Wildman–Crippen MR) is 106 cm³/mol. The number of guanidine groups is 1. The molecule has 0 aromatic heterocycles. The maximum atomic E-state index is 11.9. The largest absolute Gasteiger partial charge is 0.450 e. The molecule has 1 unspecified atom stereocenters. The van der Waals surface area contributed by atoms with Gasteiger partial charge >= 0.3 is 22.6 Å². The van der Waals surface area contributed by atoms with Gasteiger partial charge in [-0.05, 0) is 13.8 Å². The smallest absolute Gasteiger partial charge is 0.418 e. The molecule has 0 aromatic carbocycles. The highest BCUT2D eigenvalue weighted by Gasteiger charge is 2.34. The zero-order valence-electron chi connectivity index (χ0n) is 16.6.